The highest BCUT2D eigenvalue weighted by atomic mass is 16.1. The van der Waals surface area contributed by atoms with Crippen LogP contribution in [0.1, 0.15) is 29.6 Å². The molecule has 3 rings (SSSR count). The normalized spacial score (nSPS) is 14.6. The molecule has 2 heterocycles. The molecular formula is C17H20N4O. The van der Waals surface area contributed by atoms with E-state index in [1.165, 1.54) is 19.3 Å². The largest absolute Gasteiger partial charge is 0.399 e. The molecule has 0 radical (unpaired) electrons. The van der Waals surface area contributed by atoms with E-state index in [4.69, 9.17) is 5.73 Å². The van der Waals surface area contributed by atoms with Crippen LogP contribution in [0.15, 0.2) is 42.6 Å². The lowest BCUT2D eigenvalue weighted by Gasteiger charge is -2.28. The van der Waals surface area contributed by atoms with Crippen LogP contribution in [0.4, 0.5) is 17.2 Å². The van der Waals surface area contributed by atoms with Gasteiger partial charge in [-0.25, -0.2) is 4.98 Å². The van der Waals surface area contributed by atoms with E-state index in [1.807, 2.05) is 18.3 Å². The number of benzene rings is 1. The first-order chi connectivity index (χ1) is 10.7. The predicted octanol–water partition coefficient (Wildman–Crippen LogP) is 2.91. The SMILES string of the molecule is Nc1cccc(C(=O)Nc2ccc(N3CCCCC3)cn2)c1. The highest BCUT2D eigenvalue weighted by Crippen LogP contribution is 2.20. The lowest BCUT2D eigenvalue weighted by atomic mass is 10.1. The van der Waals surface area contributed by atoms with Crippen molar-refractivity contribution in [2.24, 2.45) is 0 Å². The summed E-state index contributed by atoms with van der Waals surface area (Å²) in [5.74, 6) is 0.346. The molecule has 1 amide bonds. The summed E-state index contributed by atoms with van der Waals surface area (Å²) in [6.07, 6.45) is 5.58. The van der Waals surface area contributed by atoms with E-state index in [-0.39, 0.29) is 5.91 Å². The van der Waals surface area contributed by atoms with Gasteiger partial charge in [-0.1, -0.05) is 6.07 Å². The summed E-state index contributed by atoms with van der Waals surface area (Å²) in [4.78, 5) is 18.8. The van der Waals surface area contributed by atoms with Gasteiger partial charge in [0.15, 0.2) is 0 Å². The molecule has 114 valence electrons. The number of carbonyl (C=O) groups is 1. The second kappa shape index (κ2) is 6.47. The minimum absolute atomic E-state index is 0.203. The van der Waals surface area contributed by atoms with E-state index in [1.54, 1.807) is 24.3 Å². The van der Waals surface area contributed by atoms with E-state index < -0.39 is 0 Å². The molecule has 3 N–H and O–H groups in total. The number of pyridine rings is 1. The third-order valence-corrected chi connectivity index (χ3v) is 3.86. The summed E-state index contributed by atoms with van der Waals surface area (Å²) < 4.78 is 0. The molecule has 0 spiro atoms. The zero-order valence-corrected chi connectivity index (χ0v) is 12.5. The van der Waals surface area contributed by atoms with Gasteiger partial charge in [0, 0.05) is 24.3 Å². The van der Waals surface area contributed by atoms with Crippen LogP contribution in [-0.2, 0) is 0 Å². The van der Waals surface area contributed by atoms with Crippen LogP contribution in [0, 0.1) is 0 Å². The van der Waals surface area contributed by atoms with Crippen LogP contribution in [0.25, 0.3) is 0 Å². The van der Waals surface area contributed by atoms with Crippen molar-refractivity contribution in [2.75, 3.05) is 29.0 Å². The van der Waals surface area contributed by atoms with Gasteiger partial charge in [-0.2, -0.15) is 0 Å². The van der Waals surface area contributed by atoms with Gasteiger partial charge in [0.1, 0.15) is 5.82 Å². The van der Waals surface area contributed by atoms with E-state index in [0.29, 0.717) is 17.1 Å². The quantitative estimate of drug-likeness (QED) is 0.854. The van der Waals surface area contributed by atoms with Gasteiger partial charge < -0.3 is 16.0 Å². The number of piperidine rings is 1. The number of hydrogen-bond donors (Lipinski definition) is 2. The molecule has 0 unspecified atom stereocenters. The number of nitrogens with two attached hydrogens (primary N) is 1. The van der Waals surface area contributed by atoms with Gasteiger partial charge in [-0.3, -0.25) is 4.79 Å². The standard InChI is InChI=1S/C17H20N4O/c18-14-6-4-5-13(11-14)17(22)20-16-8-7-15(12-19-16)21-9-2-1-3-10-21/h4-8,11-12H,1-3,9-10,18H2,(H,19,20,22). The molecule has 0 aliphatic carbocycles. The molecule has 2 aromatic rings. The van der Waals surface area contributed by atoms with E-state index in [9.17, 15) is 4.79 Å². The minimum Gasteiger partial charge on any atom is -0.399 e. The third-order valence-electron chi connectivity index (χ3n) is 3.86. The average Bonchev–Trinajstić information content (AvgIpc) is 2.56. The Kier molecular flexibility index (Phi) is 4.23. The van der Waals surface area contributed by atoms with Gasteiger partial charge >= 0.3 is 0 Å². The van der Waals surface area contributed by atoms with Crippen molar-refractivity contribution in [2.45, 2.75) is 19.3 Å². The van der Waals surface area contributed by atoms with Gasteiger partial charge in [-0.05, 0) is 49.6 Å². The number of amides is 1. The first kappa shape index (κ1) is 14.4. The number of aromatic nitrogens is 1. The summed E-state index contributed by atoms with van der Waals surface area (Å²) >= 11 is 0. The Morgan fingerprint density at radius 1 is 1.14 bits per heavy atom. The molecule has 1 fully saturated rings. The predicted molar refractivity (Wildman–Crippen MR) is 89.1 cm³/mol. The van der Waals surface area contributed by atoms with Crippen molar-refractivity contribution < 1.29 is 4.79 Å². The zero-order valence-electron chi connectivity index (χ0n) is 12.5. The maximum absolute atomic E-state index is 12.1. The summed E-state index contributed by atoms with van der Waals surface area (Å²) in [5.41, 5.74) is 7.90. The van der Waals surface area contributed by atoms with E-state index in [0.717, 1.165) is 18.8 Å². The Balaban J connectivity index is 1.66. The van der Waals surface area contributed by atoms with Crippen molar-refractivity contribution in [3.8, 4) is 0 Å². The third kappa shape index (κ3) is 3.36. The summed E-state index contributed by atoms with van der Waals surface area (Å²) in [7, 11) is 0. The Bertz CT molecular complexity index is 648. The fourth-order valence-electron chi connectivity index (χ4n) is 2.67. The first-order valence-corrected chi connectivity index (χ1v) is 7.60. The smallest absolute Gasteiger partial charge is 0.256 e. The molecule has 22 heavy (non-hydrogen) atoms. The number of carbonyl (C=O) groups excluding carboxylic acids is 1. The van der Waals surface area contributed by atoms with Crippen molar-refractivity contribution in [3.05, 3.63) is 48.2 Å². The van der Waals surface area contributed by atoms with Crippen molar-refractivity contribution in [1.82, 2.24) is 4.98 Å². The van der Waals surface area contributed by atoms with Crippen LogP contribution in [0.3, 0.4) is 0 Å². The lowest BCUT2D eigenvalue weighted by molar-refractivity contribution is 0.102. The first-order valence-electron chi connectivity index (χ1n) is 7.60. The number of anilines is 3. The lowest BCUT2D eigenvalue weighted by Crippen LogP contribution is -2.29. The average molecular weight is 296 g/mol. The van der Waals surface area contributed by atoms with E-state index in [2.05, 4.69) is 15.2 Å². The molecule has 0 atom stereocenters. The molecule has 0 bridgehead atoms. The molecule has 1 aliphatic heterocycles. The fraction of sp³-hybridized carbons (Fsp3) is 0.294. The molecule has 1 aromatic heterocycles. The highest BCUT2D eigenvalue weighted by Gasteiger charge is 2.12. The molecule has 0 saturated carbocycles. The summed E-state index contributed by atoms with van der Waals surface area (Å²) in [6.45, 7) is 2.16. The molecule has 5 nitrogen and oxygen atoms in total. The summed E-state index contributed by atoms with van der Waals surface area (Å²) in [6, 6.07) is 10.7. The maximum atomic E-state index is 12.1. The van der Waals surface area contributed by atoms with Crippen LogP contribution in [-0.4, -0.2) is 24.0 Å². The molecule has 1 aliphatic rings. The minimum atomic E-state index is -0.203. The number of nitrogens with one attached hydrogen (secondary N) is 1. The topological polar surface area (TPSA) is 71.2 Å². The summed E-state index contributed by atoms with van der Waals surface area (Å²) in [5, 5.41) is 2.79. The Morgan fingerprint density at radius 2 is 1.95 bits per heavy atom. The van der Waals surface area contributed by atoms with Crippen LogP contribution >= 0.6 is 0 Å². The Labute approximate surface area is 130 Å². The van der Waals surface area contributed by atoms with E-state index >= 15 is 0 Å². The van der Waals surface area contributed by atoms with Gasteiger partial charge in [0.2, 0.25) is 0 Å². The zero-order chi connectivity index (χ0) is 15.4. The molecule has 5 heteroatoms. The highest BCUT2D eigenvalue weighted by molar-refractivity contribution is 6.04. The second-order valence-corrected chi connectivity index (χ2v) is 5.53. The molecule has 1 aromatic carbocycles. The van der Waals surface area contributed by atoms with Crippen molar-refractivity contribution in [3.63, 3.8) is 0 Å². The molecular weight excluding hydrogens is 276 g/mol. The van der Waals surface area contributed by atoms with Crippen molar-refractivity contribution in [1.29, 1.82) is 0 Å². The van der Waals surface area contributed by atoms with Crippen LogP contribution < -0.4 is 16.0 Å². The fourth-order valence-corrected chi connectivity index (χ4v) is 2.67. The Hall–Kier alpha value is -2.56. The number of rotatable bonds is 3. The number of nitrogen functional groups attached to an aromatic ring is 1. The van der Waals surface area contributed by atoms with Crippen LogP contribution in [0.5, 0.6) is 0 Å². The maximum Gasteiger partial charge on any atom is 0.256 e. The van der Waals surface area contributed by atoms with Gasteiger partial charge in [-0.15, -0.1) is 0 Å². The number of hydrogen-bond acceptors (Lipinski definition) is 4. The Morgan fingerprint density at radius 3 is 2.64 bits per heavy atom. The van der Waals surface area contributed by atoms with Crippen LogP contribution in [0.2, 0.25) is 0 Å². The second-order valence-electron chi connectivity index (χ2n) is 5.53. The van der Waals surface area contributed by atoms with Gasteiger partial charge in [0.05, 0.1) is 11.9 Å². The molecule has 1 saturated heterocycles. The monoisotopic (exact) mass is 296 g/mol. The van der Waals surface area contributed by atoms with Gasteiger partial charge in [0.25, 0.3) is 5.91 Å². The number of nitrogens with zero attached hydrogens (tertiary/aromatic N) is 2. The van der Waals surface area contributed by atoms with Crippen molar-refractivity contribution >= 4 is 23.1 Å².